The summed E-state index contributed by atoms with van der Waals surface area (Å²) in [5.41, 5.74) is 1.06. The van der Waals surface area contributed by atoms with Crippen LogP contribution in [0.3, 0.4) is 0 Å². The molecular formula is C22H38N4O2S. The minimum absolute atomic E-state index is 0.277. The van der Waals surface area contributed by atoms with Gasteiger partial charge in [-0.1, -0.05) is 19.3 Å². The van der Waals surface area contributed by atoms with Crippen LogP contribution in [0.4, 0.5) is 0 Å². The van der Waals surface area contributed by atoms with Gasteiger partial charge in [0.15, 0.2) is 0 Å². The lowest BCUT2D eigenvalue weighted by molar-refractivity contribution is 0.243. The van der Waals surface area contributed by atoms with Crippen molar-refractivity contribution in [3.63, 3.8) is 0 Å². The first-order chi connectivity index (χ1) is 14.0. The zero-order chi connectivity index (χ0) is 20.3. The van der Waals surface area contributed by atoms with Crippen molar-refractivity contribution in [2.45, 2.75) is 76.0 Å². The minimum Gasteiger partial charge on any atom is -0.317 e. The highest BCUT2D eigenvalue weighted by atomic mass is 32.2. The summed E-state index contributed by atoms with van der Waals surface area (Å²) in [6.45, 7) is 6.13. The summed E-state index contributed by atoms with van der Waals surface area (Å²) < 4.78 is 28.2. The van der Waals surface area contributed by atoms with Gasteiger partial charge in [0, 0.05) is 26.2 Å². The predicted molar refractivity (Wildman–Crippen MR) is 116 cm³/mol. The second-order valence-electron chi connectivity index (χ2n) is 9.66. The predicted octanol–water partition coefficient (Wildman–Crippen LogP) is 3.17. The molecule has 7 heteroatoms. The topological polar surface area (TPSA) is 58.4 Å². The van der Waals surface area contributed by atoms with E-state index in [1.54, 1.807) is 0 Å². The Morgan fingerprint density at radius 3 is 2.45 bits per heavy atom. The van der Waals surface area contributed by atoms with Crippen molar-refractivity contribution in [3.8, 4) is 0 Å². The Balaban J connectivity index is 1.47. The highest BCUT2D eigenvalue weighted by Gasteiger charge is 2.33. The van der Waals surface area contributed by atoms with E-state index in [1.807, 2.05) is 6.20 Å². The van der Waals surface area contributed by atoms with Gasteiger partial charge < -0.3 is 9.47 Å². The molecule has 2 heterocycles. The lowest BCUT2D eigenvalue weighted by Gasteiger charge is -2.25. The molecule has 0 bridgehead atoms. The van der Waals surface area contributed by atoms with Crippen LogP contribution in [-0.2, 0) is 22.9 Å². The third-order valence-corrected chi connectivity index (χ3v) is 8.72. The SMILES string of the molecule is CN(CCN1CCCC1)Cc1cnc(S(=O)(=O)CC2CC2)n1CC1CCCCC1. The van der Waals surface area contributed by atoms with Crippen molar-refractivity contribution in [2.24, 2.45) is 11.8 Å². The first-order valence-corrected chi connectivity index (χ1v) is 13.3. The van der Waals surface area contributed by atoms with Crippen molar-refractivity contribution in [1.82, 2.24) is 19.4 Å². The van der Waals surface area contributed by atoms with Gasteiger partial charge >= 0.3 is 0 Å². The largest absolute Gasteiger partial charge is 0.317 e. The quantitative estimate of drug-likeness (QED) is 0.580. The molecule has 1 saturated heterocycles. The van der Waals surface area contributed by atoms with E-state index in [2.05, 4.69) is 26.4 Å². The standard InChI is InChI=1S/C22H38N4O2S/c1-24(13-14-25-11-5-6-12-25)17-21-15-23-22(29(27,28)18-20-9-10-20)26(21)16-19-7-3-2-4-8-19/h15,19-20H,2-14,16-18H2,1H3. The lowest BCUT2D eigenvalue weighted by Crippen LogP contribution is -2.32. The number of hydrogen-bond donors (Lipinski definition) is 0. The second kappa shape index (κ2) is 9.48. The Labute approximate surface area is 176 Å². The molecule has 0 N–H and O–H groups in total. The van der Waals surface area contributed by atoms with E-state index >= 15 is 0 Å². The summed E-state index contributed by atoms with van der Waals surface area (Å²) in [4.78, 5) is 9.32. The van der Waals surface area contributed by atoms with E-state index in [0.29, 0.717) is 17.0 Å². The zero-order valence-corrected chi connectivity index (χ0v) is 18.9. The molecule has 29 heavy (non-hydrogen) atoms. The van der Waals surface area contributed by atoms with Gasteiger partial charge in [0.25, 0.3) is 0 Å². The molecule has 3 aliphatic rings. The minimum atomic E-state index is -3.29. The molecule has 4 rings (SSSR count). The van der Waals surface area contributed by atoms with Crippen LogP contribution in [0.15, 0.2) is 11.4 Å². The first-order valence-electron chi connectivity index (χ1n) is 11.7. The summed E-state index contributed by atoms with van der Waals surface area (Å²) in [6.07, 6.45) is 12.9. The van der Waals surface area contributed by atoms with Crippen LogP contribution in [0, 0.1) is 11.8 Å². The number of rotatable bonds is 10. The third kappa shape index (κ3) is 5.82. The summed E-state index contributed by atoms with van der Waals surface area (Å²) in [5, 5.41) is 0.331. The second-order valence-corrected chi connectivity index (χ2v) is 11.6. The van der Waals surface area contributed by atoms with Crippen LogP contribution in [0.2, 0.25) is 0 Å². The van der Waals surface area contributed by atoms with Crippen LogP contribution in [0.1, 0.15) is 63.5 Å². The molecule has 1 aliphatic heterocycles. The molecule has 0 amide bonds. The summed E-state index contributed by atoms with van der Waals surface area (Å²) in [5.74, 6) is 1.21. The third-order valence-electron chi connectivity index (χ3n) is 6.93. The molecule has 164 valence electrons. The first kappa shape index (κ1) is 21.3. The molecule has 1 aromatic heterocycles. The normalized spacial score (nSPS) is 22.0. The maximum atomic E-state index is 13.0. The van der Waals surface area contributed by atoms with Crippen LogP contribution < -0.4 is 0 Å². The van der Waals surface area contributed by atoms with E-state index in [4.69, 9.17) is 0 Å². The molecule has 2 saturated carbocycles. The fourth-order valence-electron chi connectivity index (χ4n) is 4.93. The highest BCUT2D eigenvalue weighted by molar-refractivity contribution is 7.91. The number of aromatic nitrogens is 2. The molecule has 0 atom stereocenters. The number of hydrogen-bond acceptors (Lipinski definition) is 5. The van der Waals surface area contributed by atoms with E-state index in [1.165, 1.54) is 58.0 Å². The Hall–Kier alpha value is -0.920. The number of nitrogens with zero attached hydrogens (tertiary/aromatic N) is 4. The van der Waals surface area contributed by atoms with Crippen molar-refractivity contribution >= 4 is 9.84 Å². The van der Waals surface area contributed by atoms with E-state index in [-0.39, 0.29) is 5.75 Å². The molecule has 0 aromatic carbocycles. The van der Waals surface area contributed by atoms with Crippen molar-refractivity contribution in [1.29, 1.82) is 0 Å². The molecular weight excluding hydrogens is 384 g/mol. The van der Waals surface area contributed by atoms with Crippen LogP contribution in [0.5, 0.6) is 0 Å². The van der Waals surface area contributed by atoms with Crippen molar-refractivity contribution < 1.29 is 8.42 Å². The van der Waals surface area contributed by atoms with Crippen LogP contribution in [-0.4, -0.2) is 66.7 Å². The average Bonchev–Trinajstić information content (AvgIpc) is 3.17. The summed E-state index contributed by atoms with van der Waals surface area (Å²) in [7, 11) is -1.15. The van der Waals surface area contributed by atoms with Gasteiger partial charge in [0.2, 0.25) is 15.0 Å². The zero-order valence-electron chi connectivity index (χ0n) is 18.1. The van der Waals surface area contributed by atoms with Gasteiger partial charge in [-0.05, 0) is 70.5 Å². The molecule has 6 nitrogen and oxygen atoms in total. The molecule has 0 spiro atoms. The molecule has 3 fully saturated rings. The maximum Gasteiger partial charge on any atom is 0.227 e. The highest BCUT2D eigenvalue weighted by Crippen LogP contribution is 2.33. The maximum absolute atomic E-state index is 13.0. The van der Waals surface area contributed by atoms with Gasteiger partial charge in [-0.25, -0.2) is 13.4 Å². The monoisotopic (exact) mass is 422 g/mol. The molecule has 2 aliphatic carbocycles. The fraction of sp³-hybridized carbons (Fsp3) is 0.864. The smallest absolute Gasteiger partial charge is 0.227 e. The Morgan fingerprint density at radius 1 is 1.03 bits per heavy atom. The average molecular weight is 423 g/mol. The van der Waals surface area contributed by atoms with Crippen LogP contribution in [0.25, 0.3) is 0 Å². The Morgan fingerprint density at radius 2 is 1.76 bits per heavy atom. The Bertz CT molecular complexity index is 760. The van der Waals surface area contributed by atoms with E-state index in [0.717, 1.165) is 44.7 Å². The number of imidazole rings is 1. The van der Waals surface area contributed by atoms with Gasteiger partial charge in [-0.15, -0.1) is 0 Å². The summed E-state index contributed by atoms with van der Waals surface area (Å²) in [6, 6.07) is 0. The fourth-order valence-corrected chi connectivity index (χ4v) is 6.78. The van der Waals surface area contributed by atoms with Gasteiger partial charge in [-0.3, -0.25) is 4.90 Å². The van der Waals surface area contributed by atoms with Gasteiger partial charge in [0.05, 0.1) is 17.6 Å². The number of likely N-dealkylation sites (tertiary alicyclic amines) is 1. The summed E-state index contributed by atoms with van der Waals surface area (Å²) >= 11 is 0. The van der Waals surface area contributed by atoms with Crippen molar-refractivity contribution in [2.75, 3.05) is 39.0 Å². The molecule has 1 aromatic rings. The van der Waals surface area contributed by atoms with Gasteiger partial charge in [-0.2, -0.15) is 0 Å². The number of sulfone groups is 1. The van der Waals surface area contributed by atoms with Gasteiger partial charge in [0.1, 0.15) is 0 Å². The molecule has 0 unspecified atom stereocenters. The Kier molecular flexibility index (Phi) is 6.97. The number of likely N-dealkylation sites (N-methyl/N-ethyl adjacent to an activating group) is 1. The van der Waals surface area contributed by atoms with E-state index in [9.17, 15) is 8.42 Å². The van der Waals surface area contributed by atoms with Crippen LogP contribution >= 0.6 is 0 Å². The lowest BCUT2D eigenvalue weighted by atomic mass is 9.89. The van der Waals surface area contributed by atoms with E-state index < -0.39 is 9.84 Å². The van der Waals surface area contributed by atoms with Crippen molar-refractivity contribution in [3.05, 3.63) is 11.9 Å². The molecule has 0 radical (unpaired) electrons.